The molecule has 0 radical (unpaired) electrons. The molecule has 1 N–H and O–H groups in total. The Labute approximate surface area is 123 Å². The van der Waals surface area contributed by atoms with Gasteiger partial charge in [0.1, 0.15) is 0 Å². The van der Waals surface area contributed by atoms with E-state index in [-0.39, 0.29) is 0 Å². The molecule has 2 aliphatic rings. The highest BCUT2D eigenvalue weighted by molar-refractivity contribution is 5.55. The van der Waals surface area contributed by atoms with Crippen LogP contribution in [0.2, 0.25) is 0 Å². The number of hydrogen-bond donors (Lipinski definition) is 1. The summed E-state index contributed by atoms with van der Waals surface area (Å²) in [4.78, 5) is 2.49. The molecule has 0 amide bonds. The van der Waals surface area contributed by atoms with E-state index < -0.39 is 0 Å². The van der Waals surface area contributed by atoms with Crippen molar-refractivity contribution in [2.24, 2.45) is 11.8 Å². The Morgan fingerprint density at radius 3 is 2.50 bits per heavy atom. The molecular formula is C18H28N2. The Morgan fingerprint density at radius 1 is 1.05 bits per heavy atom. The maximum atomic E-state index is 3.63. The Hall–Kier alpha value is -1.18. The summed E-state index contributed by atoms with van der Waals surface area (Å²) in [5, 5.41) is 3.63. The number of anilines is 2. The zero-order chi connectivity index (χ0) is 13.8. The van der Waals surface area contributed by atoms with Crippen LogP contribution in [-0.4, -0.2) is 19.6 Å². The van der Waals surface area contributed by atoms with Crippen LogP contribution in [0.25, 0.3) is 0 Å². The molecule has 1 saturated carbocycles. The minimum atomic E-state index is 0.872. The maximum Gasteiger partial charge on any atom is 0.0367 e. The van der Waals surface area contributed by atoms with Gasteiger partial charge in [-0.25, -0.2) is 0 Å². The molecule has 2 unspecified atom stereocenters. The minimum absolute atomic E-state index is 0.872. The van der Waals surface area contributed by atoms with E-state index in [1.54, 1.807) is 0 Å². The topological polar surface area (TPSA) is 15.3 Å². The quantitative estimate of drug-likeness (QED) is 0.866. The largest absolute Gasteiger partial charge is 0.385 e. The predicted molar refractivity (Wildman–Crippen MR) is 87.5 cm³/mol. The second-order valence-electron chi connectivity index (χ2n) is 6.76. The summed E-state index contributed by atoms with van der Waals surface area (Å²) in [5.74, 6) is 1.80. The lowest BCUT2D eigenvalue weighted by Gasteiger charge is -2.27. The molecule has 2 nitrogen and oxygen atoms in total. The van der Waals surface area contributed by atoms with E-state index >= 15 is 0 Å². The van der Waals surface area contributed by atoms with Crippen LogP contribution in [0, 0.1) is 11.8 Å². The first kappa shape index (κ1) is 13.8. The van der Waals surface area contributed by atoms with Crippen LogP contribution in [0.1, 0.15) is 45.4 Å². The molecule has 1 aliphatic carbocycles. The Balaban J connectivity index is 1.50. The van der Waals surface area contributed by atoms with E-state index in [1.165, 1.54) is 63.0 Å². The van der Waals surface area contributed by atoms with Crippen LogP contribution in [0.4, 0.5) is 11.4 Å². The van der Waals surface area contributed by atoms with Crippen LogP contribution in [0.5, 0.6) is 0 Å². The second-order valence-corrected chi connectivity index (χ2v) is 6.76. The zero-order valence-corrected chi connectivity index (χ0v) is 12.8. The van der Waals surface area contributed by atoms with Gasteiger partial charge in [-0.2, -0.15) is 0 Å². The van der Waals surface area contributed by atoms with Gasteiger partial charge in [0.15, 0.2) is 0 Å². The number of nitrogens with zero attached hydrogens (tertiary/aromatic N) is 1. The van der Waals surface area contributed by atoms with E-state index in [0.29, 0.717) is 0 Å². The lowest BCUT2D eigenvalue weighted by Crippen LogP contribution is -2.21. The van der Waals surface area contributed by atoms with Crippen LogP contribution < -0.4 is 10.2 Å². The summed E-state index contributed by atoms with van der Waals surface area (Å²) in [6.07, 6.45) is 8.35. The average Bonchev–Trinajstić information content (AvgIpc) is 3.00. The first-order valence-corrected chi connectivity index (χ1v) is 8.40. The molecule has 2 heteroatoms. The standard InChI is InChI=1S/C18H28N2/c1-15-5-4-6-16(13-15)14-19-17-7-9-18(10-8-17)20-11-2-3-12-20/h7-10,15-16,19H,2-6,11-14H2,1H3. The zero-order valence-electron chi connectivity index (χ0n) is 12.8. The summed E-state index contributed by atoms with van der Waals surface area (Å²) in [6, 6.07) is 9.05. The number of nitrogens with one attached hydrogen (secondary N) is 1. The summed E-state index contributed by atoms with van der Waals surface area (Å²) in [6.45, 7) is 6.00. The highest BCUT2D eigenvalue weighted by atomic mass is 15.1. The molecule has 20 heavy (non-hydrogen) atoms. The fourth-order valence-electron chi connectivity index (χ4n) is 3.77. The van der Waals surface area contributed by atoms with E-state index in [0.717, 1.165) is 18.4 Å². The normalized spacial score (nSPS) is 26.8. The number of hydrogen-bond acceptors (Lipinski definition) is 2. The first-order chi connectivity index (χ1) is 9.81. The van der Waals surface area contributed by atoms with Gasteiger partial charge < -0.3 is 10.2 Å². The van der Waals surface area contributed by atoms with Crippen molar-refractivity contribution in [3.8, 4) is 0 Å². The van der Waals surface area contributed by atoms with Gasteiger partial charge in [0.05, 0.1) is 0 Å². The van der Waals surface area contributed by atoms with Gasteiger partial charge in [-0.3, -0.25) is 0 Å². The van der Waals surface area contributed by atoms with Gasteiger partial charge in [0.25, 0.3) is 0 Å². The fourth-order valence-corrected chi connectivity index (χ4v) is 3.77. The summed E-state index contributed by atoms with van der Waals surface area (Å²) in [7, 11) is 0. The first-order valence-electron chi connectivity index (χ1n) is 8.40. The summed E-state index contributed by atoms with van der Waals surface area (Å²) < 4.78 is 0. The van der Waals surface area contributed by atoms with Gasteiger partial charge in [-0.05, 0) is 61.8 Å². The van der Waals surface area contributed by atoms with Crippen molar-refractivity contribution in [3.63, 3.8) is 0 Å². The highest BCUT2D eigenvalue weighted by Crippen LogP contribution is 2.29. The third-order valence-electron chi connectivity index (χ3n) is 4.98. The van der Waals surface area contributed by atoms with Crippen molar-refractivity contribution in [3.05, 3.63) is 24.3 Å². The van der Waals surface area contributed by atoms with Gasteiger partial charge in [-0.1, -0.05) is 19.8 Å². The fraction of sp³-hybridized carbons (Fsp3) is 0.667. The van der Waals surface area contributed by atoms with Crippen molar-refractivity contribution in [2.75, 3.05) is 29.9 Å². The molecule has 0 bridgehead atoms. The van der Waals surface area contributed by atoms with Crippen molar-refractivity contribution in [1.82, 2.24) is 0 Å². The van der Waals surface area contributed by atoms with Crippen LogP contribution >= 0.6 is 0 Å². The van der Waals surface area contributed by atoms with E-state index in [4.69, 9.17) is 0 Å². The minimum Gasteiger partial charge on any atom is -0.385 e. The molecule has 1 saturated heterocycles. The molecule has 1 aromatic rings. The molecular weight excluding hydrogens is 244 g/mol. The highest BCUT2D eigenvalue weighted by Gasteiger charge is 2.18. The average molecular weight is 272 g/mol. The van der Waals surface area contributed by atoms with Gasteiger partial charge in [-0.15, -0.1) is 0 Å². The predicted octanol–water partition coefficient (Wildman–Crippen LogP) is 4.53. The summed E-state index contributed by atoms with van der Waals surface area (Å²) in [5.41, 5.74) is 2.67. The maximum absolute atomic E-state index is 3.63. The number of rotatable bonds is 4. The molecule has 2 fully saturated rings. The van der Waals surface area contributed by atoms with Crippen LogP contribution in [-0.2, 0) is 0 Å². The van der Waals surface area contributed by atoms with Gasteiger partial charge in [0, 0.05) is 31.0 Å². The second kappa shape index (κ2) is 6.51. The summed E-state index contributed by atoms with van der Waals surface area (Å²) >= 11 is 0. The van der Waals surface area contributed by atoms with Crippen molar-refractivity contribution >= 4 is 11.4 Å². The van der Waals surface area contributed by atoms with Gasteiger partial charge in [0.2, 0.25) is 0 Å². The Kier molecular flexibility index (Phi) is 4.49. The molecule has 1 aromatic carbocycles. The van der Waals surface area contributed by atoms with Crippen molar-refractivity contribution in [1.29, 1.82) is 0 Å². The van der Waals surface area contributed by atoms with E-state index in [9.17, 15) is 0 Å². The molecule has 1 heterocycles. The van der Waals surface area contributed by atoms with Gasteiger partial charge >= 0.3 is 0 Å². The lowest BCUT2D eigenvalue weighted by atomic mass is 9.82. The number of benzene rings is 1. The van der Waals surface area contributed by atoms with E-state index in [2.05, 4.69) is 41.4 Å². The molecule has 1 aliphatic heterocycles. The molecule has 3 rings (SSSR count). The van der Waals surface area contributed by atoms with Crippen molar-refractivity contribution in [2.45, 2.75) is 45.4 Å². The molecule has 0 aromatic heterocycles. The monoisotopic (exact) mass is 272 g/mol. The Bertz CT molecular complexity index is 406. The van der Waals surface area contributed by atoms with Crippen molar-refractivity contribution < 1.29 is 0 Å². The molecule has 2 atom stereocenters. The third kappa shape index (κ3) is 3.47. The molecule has 110 valence electrons. The van der Waals surface area contributed by atoms with E-state index in [1.807, 2.05) is 0 Å². The van der Waals surface area contributed by atoms with Crippen LogP contribution in [0.15, 0.2) is 24.3 Å². The molecule has 0 spiro atoms. The lowest BCUT2D eigenvalue weighted by molar-refractivity contribution is 0.293. The Morgan fingerprint density at radius 2 is 1.80 bits per heavy atom. The third-order valence-corrected chi connectivity index (χ3v) is 4.98. The SMILES string of the molecule is CC1CCCC(CNc2ccc(N3CCCC3)cc2)C1. The smallest absolute Gasteiger partial charge is 0.0367 e. The van der Waals surface area contributed by atoms with Crippen LogP contribution in [0.3, 0.4) is 0 Å².